The molecule has 4 rings (SSSR count). The molecule has 1 aromatic carbocycles. The quantitative estimate of drug-likeness (QED) is 0.307. The van der Waals surface area contributed by atoms with Gasteiger partial charge in [-0.25, -0.2) is 14.6 Å². The molecule has 3 heterocycles. The summed E-state index contributed by atoms with van der Waals surface area (Å²) in [6.07, 6.45) is 13.0. The number of benzene rings is 1. The molecule has 0 radical (unpaired) electrons. The fraction of sp³-hybridized carbons (Fsp3) is 0.321. The van der Waals surface area contributed by atoms with Crippen molar-refractivity contribution in [3.63, 3.8) is 0 Å². The average Bonchev–Trinajstić information content (AvgIpc) is 3.53. The summed E-state index contributed by atoms with van der Waals surface area (Å²) >= 11 is 0. The van der Waals surface area contributed by atoms with E-state index in [9.17, 15) is 0 Å². The van der Waals surface area contributed by atoms with E-state index in [-0.39, 0.29) is 0 Å². The maximum atomic E-state index is 6.11. The van der Waals surface area contributed by atoms with Gasteiger partial charge in [0.05, 0.1) is 31.9 Å². The van der Waals surface area contributed by atoms with Crippen molar-refractivity contribution in [1.82, 2.24) is 24.3 Å². The van der Waals surface area contributed by atoms with E-state index < -0.39 is 5.60 Å². The minimum absolute atomic E-state index is 0.631. The van der Waals surface area contributed by atoms with Crippen LogP contribution >= 0.6 is 0 Å². The SMILES string of the molecule is C=C\C(=C(/C=C(C)/C=C/c1nc2n(n1)CCCC2(OC)c1ccc(OC)cc1)OC)n1cnc(C)c1. The molecule has 1 unspecified atom stereocenters. The molecule has 3 aromatic rings. The first-order chi connectivity index (χ1) is 17.4. The molecular formula is C28H33N5O3. The van der Waals surface area contributed by atoms with Crippen LogP contribution in [0.2, 0.25) is 0 Å². The average molecular weight is 488 g/mol. The van der Waals surface area contributed by atoms with Crippen molar-refractivity contribution < 1.29 is 14.2 Å². The summed E-state index contributed by atoms with van der Waals surface area (Å²) in [6, 6.07) is 7.97. The third kappa shape index (κ3) is 4.90. The van der Waals surface area contributed by atoms with Crippen LogP contribution in [0.25, 0.3) is 11.8 Å². The molecule has 2 aromatic heterocycles. The normalized spacial score (nSPS) is 18.6. The first-order valence-corrected chi connectivity index (χ1v) is 11.9. The molecule has 188 valence electrons. The summed E-state index contributed by atoms with van der Waals surface area (Å²) in [5.41, 5.74) is 3.09. The van der Waals surface area contributed by atoms with Crippen LogP contribution in [0.1, 0.15) is 42.7 Å². The number of fused-ring (bicyclic) bond motifs is 1. The van der Waals surface area contributed by atoms with Crippen molar-refractivity contribution >= 4 is 11.8 Å². The van der Waals surface area contributed by atoms with E-state index in [4.69, 9.17) is 24.3 Å². The number of methoxy groups -OCH3 is 3. The van der Waals surface area contributed by atoms with Gasteiger partial charge in [0.25, 0.3) is 0 Å². The van der Waals surface area contributed by atoms with Crippen LogP contribution in [0.5, 0.6) is 5.75 Å². The Morgan fingerprint density at radius 1 is 1.17 bits per heavy atom. The zero-order valence-electron chi connectivity index (χ0n) is 21.6. The van der Waals surface area contributed by atoms with E-state index in [2.05, 4.69) is 11.6 Å². The molecule has 1 atom stereocenters. The van der Waals surface area contributed by atoms with Crippen LogP contribution in [0, 0.1) is 6.92 Å². The van der Waals surface area contributed by atoms with E-state index in [0.29, 0.717) is 11.6 Å². The number of hydrogen-bond donors (Lipinski definition) is 0. The molecule has 1 aliphatic rings. The molecule has 8 nitrogen and oxygen atoms in total. The zero-order chi connectivity index (χ0) is 25.7. The van der Waals surface area contributed by atoms with Crippen LogP contribution in [0.4, 0.5) is 0 Å². The van der Waals surface area contributed by atoms with Gasteiger partial charge in [0.2, 0.25) is 0 Å². The van der Waals surface area contributed by atoms with Gasteiger partial charge in [-0.05, 0) is 68.2 Å². The highest BCUT2D eigenvalue weighted by Crippen LogP contribution is 2.40. The van der Waals surface area contributed by atoms with Crippen LogP contribution < -0.4 is 4.74 Å². The zero-order valence-corrected chi connectivity index (χ0v) is 21.6. The lowest BCUT2D eigenvalue weighted by Crippen LogP contribution is -2.37. The van der Waals surface area contributed by atoms with Crippen molar-refractivity contribution in [3.05, 3.63) is 95.8 Å². The molecule has 0 saturated carbocycles. The lowest BCUT2D eigenvalue weighted by molar-refractivity contribution is -0.00953. The van der Waals surface area contributed by atoms with Crippen molar-refractivity contribution in [2.75, 3.05) is 21.3 Å². The fourth-order valence-corrected chi connectivity index (χ4v) is 4.50. The Morgan fingerprint density at radius 2 is 1.94 bits per heavy atom. The van der Waals surface area contributed by atoms with Gasteiger partial charge in [0.1, 0.15) is 11.5 Å². The number of imidazole rings is 1. The van der Waals surface area contributed by atoms with Crippen molar-refractivity contribution in [1.29, 1.82) is 0 Å². The maximum absolute atomic E-state index is 6.11. The Bertz CT molecular complexity index is 1310. The highest BCUT2D eigenvalue weighted by atomic mass is 16.5. The first kappa shape index (κ1) is 25.2. The molecule has 0 aliphatic carbocycles. The summed E-state index contributed by atoms with van der Waals surface area (Å²) in [6.45, 7) is 8.68. The molecular weight excluding hydrogens is 454 g/mol. The van der Waals surface area contributed by atoms with E-state index in [1.807, 2.05) is 71.8 Å². The standard InChI is InChI=1S/C28H33N5O3/c1-7-24(32-18-21(3)29-19-32)25(35-5)17-20(2)9-14-26-30-27-28(36-6,15-8-16-33(27)31-26)22-10-12-23(34-4)13-11-22/h7,9-14,17-19H,1,8,15-16H2,2-6H3/b14-9+,20-17+,25-24-. The second kappa shape index (κ2) is 10.8. The van der Waals surface area contributed by atoms with Gasteiger partial charge in [0, 0.05) is 19.9 Å². The number of allylic oxidation sites excluding steroid dienone is 5. The number of aryl methyl sites for hydroxylation is 2. The van der Waals surface area contributed by atoms with Crippen molar-refractivity contribution in [2.24, 2.45) is 0 Å². The molecule has 0 spiro atoms. The van der Waals surface area contributed by atoms with Crippen LogP contribution in [-0.4, -0.2) is 45.6 Å². The molecule has 1 aliphatic heterocycles. The maximum Gasteiger partial charge on any atom is 0.174 e. The number of nitrogens with zero attached hydrogens (tertiary/aromatic N) is 5. The van der Waals surface area contributed by atoms with E-state index in [1.54, 1.807) is 33.7 Å². The Morgan fingerprint density at radius 3 is 2.56 bits per heavy atom. The van der Waals surface area contributed by atoms with Gasteiger partial charge >= 0.3 is 0 Å². The van der Waals surface area contributed by atoms with E-state index in [0.717, 1.165) is 53.5 Å². The monoisotopic (exact) mass is 487 g/mol. The lowest BCUT2D eigenvalue weighted by Gasteiger charge is -2.35. The van der Waals surface area contributed by atoms with Crippen LogP contribution in [0.3, 0.4) is 0 Å². The summed E-state index contributed by atoms with van der Waals surface area (Å²) in [5.74, 6) is 2.93. The van der Waals surface area contributed by atoms with Gasteiger partial charge in [0.15, 0.2) is 17.2 Å². The van der Waals surface area contributed by atoms with Gasteiger partial charge in [-0.2, -0.15) is 5.10 Å². The van der Waals surface area contributed by atoms with Crippen molar-refractivity contribution in [2.45, 2.75) is 38.8 Å². The highest BCUT2D eigenvalue weighted by molar-refractivity contribution is 5.62. The molecule has 0 fully saturated rings. The molecule has 0 saturated heterocycles. The van der Waals surface area contributed by atoms with Crippen LogP contribution in [-0.2, 0) is 21.6 Å². The van der Waals surface area contributed by atoms with E-state index >= 15 is 0 Å². The molecule has 36 heavy (non-hydrogen) atoms. The molecule has 0 N–H and O–H groups in total. The van der Waals surface area contributed by atoms with Crippen LogP contribution in [0.15, 0.2) is 72.9 Å². The lowest BCUT2D eigenvalue weighted by atomic mass is 9.86. The minimum atomic E-state index is -0.651. The third-order valence-corrected chi connectivity index (χ3v) is 6.36. The molecule has 0 amide bonds. The van der Waals surface area contributed by atoms with Gasteiger partial charge in [-0.3, -0.25) is 0 Å². The third-order valence-electron chi connectivity index (χ3n) is 6.36. The van der Waals surface area contributed by atoms with Crippen molar-refractivity contribution in [3.8, 4) is 5.75 Å². The molecule has 8 heteroatoms. The molecule has 0 bridgehead atoms. The van der Waals surface area contributed by atoms with E-state index in [1.165, 1.54) is 0 Å². The summed E-state index contributed by atoms with van der Waals surface area (Å²) in [7, 11) is 5.04. The Balaban J connectivity index is 1.63. The summed E-state index contributed by atoms with van der Waals surface area (Å²) < 4.78 is 20.9. The smallest absolute Gasteiger partial charge is 0.174 e. The second-order valence-electron chi connectivity index (χ2n) is 8.68. The Labute approximate surface area is 212 Å². The fourth-order valence-electron chi connectivity index (χ4n) is 4.50. The van der Waals surface area contributed by atoms with Gasteiger partial charge in [-0.15, -0.1) is 0 Å². The largest absolute Gasteiger partial charge is 0.497 e. The number of ether oxygens (including phenoxy) is 3. The Kier molecular flexibility index (Phi) is 7.55. The Hall–Kier alpha value is -3.91. The number of aromatic nitrogens is 5. The topological polar surface area (TPSA) is 76.2 Å². The van der Waals surface area contributed by atoms with Gasteiger partial charge in [-0.1, -0.05) is 24.8 Å². The predicted molar refractivity (Wildman–Crippen MR) is 140 cm³/mol. The number of hydrogen-bond acceptors (Lipinski definition) is 6. The minimum Gasteiger partial charge on any atom is -0.497 e. The first-order valence-electron chi connectivity index (χ1n) is 11.9. The predicted octanol–water partition coefficient (Wildman–Crippen LogP) is 5.14. The highest BCUT2D eigenvalue weighted by Gasteiger charge is 2.41. The van der Waals surface area contributed by atoms with Gasteiger partial charge < -0.3 is 18.8 Å². The second-order valence-corrected chi connectivity index (χ2v) is 8.68. The number of rotatable bonds is 9. The summed E-state index contributed by atoms with van der Waals surface area (Å²) in [5, 5.41) is 4.74. The summed E-state index contributed by atoms with van der Waals surface area (Å²) in [4.78, 5) is 9.17.